The van der Waals surface area contributed by atoms with Crippen LogP contribution in [0.1, 0.15) is 19.4 Å². The van der Waals surface area contributed by atoms with Crippen LogP contribution >= 0.6 is 0 Å². The fraction of sp³-hybridized carbons (Fsp3) is 0.273. The first-order valence-electron chi connectivity index (χ1n) is 9.88. The van der Waals surface area contributed by atoms with Gasteiger partial charge in [-0.05, 0) is 43.7 Å². The zero-order valence-corrected chi connectivity index (χ0v) is 18.0. The van der Waals surface area contributed by atoms with Crippen LogP contribution in [0.15, 0.2) is 65.2 Å². The Morgan fingerprint density at radius 1 is 0.903 bits per heavy atom. The molecule has 0 spiro atoms. The first kappa shape index (κ1) is 21.2. The van der Waals surface area contributed by atoms with E-state index in [0.29, 0.717) is 29.9 Å². The number of rotatable bonds is 4. The summed E-state index contributed by atoms with van der Waals surface area (Å²) in [5.74, 6) is -0.908. The van der Waals surface area contributed by atoms with Gasteiger partial charge in [0.05, 0.1) is 28.4 Å². The topological polar surface area (TPSA) is 110 Å². The molecule has 2 aliphatic heterocycles. The Balaban J connectivity index is 1.79. The van der Waals surface area contributed by atoms with Crippen molar-refractivity contribution in [2.45, 2.75) is 31.0 Å². The highest BCUT2D eigenvalue weighted by molar-refractivity contribution is 7.89. The third-order valence-corrected chi connectivity index (χ3v) is 6.21. The van der Waals surface area contributed by atoms with Crippen LogP contribution in [0.25, 0.3) is 5.57 Å². The molecule has 2 heterocycles. The van der Waals surface area contributed by atoms with Crippen LogP contribution in [0.4, 0.5) is 5.69 Å². The van der Waals surface area contributed by atoms with Crippen molar-refractivity contribution in [3.63, 3.8) is 0 Å². The second-order valence-electron chi connectivity index (χ2n) is 7.74. The van der Waals surface area contributed by atoms with E-state index in [-0.39, 0.29) is 22.8 Å². The summed E-state index contributed by atoms with van der Waals surface area (Å²) in [5, 5.41) is 5.16. The fourth-order valence-corrected chi connectivity index (χ4v) is 4.57. The average Bonchev–Trinajstić information content (AvgIpc) is 2.97. The van der Waals surface area contributed by atoms with Crippen molar-refractivity contribution in [1.82, 2.24) is 4.90 Å². The highest BCUT2D eigenvalue weighted by Crippen LogP contribution is 2.36. The predicted molar refractivity (Wildman–Crippen MR) is 115 cm³/mol. The first-order chi connectivity index (χ1) is 14.7. The van der Waals surface area contributed by atoms with Gasteiger partial charge in [-0.15, -0.1) is 0 Å². The Hall–Kier alpha value is -3.01. The molecule has 0 aliphatic carbocycles. The Labute approximate surface area is 180 Å². The van der Waals surface area contributed by atoms with Gasteiger partial charge in [-0.2, -0.15) is 0 Å². The molecule has 1 saturated heterocycles. The quantitative estimate of drug-likeness (QED) is 0.724. The minimum atomic E-state index is -3.89. The number of hydrogen-bond donors (Lipinski definition) is 1. The lowest BCUT2D eigenvalue weighted by Crippen LogP contribution is -2.47. The van der Waals surface area contributed by atoms with E-state index in [1.165, 1.54) is 24.3 Å². The van der Waals surface area contributed by atoms with Crippen LogP contribution in [0.2, 0.25) is 0 Å². The second kappa shape index (κ2) is 7.92. The Morgan fingerprint density at radius 3 is 2.03 bits per heavy atom. The van der Waals surface area contributed by atoms with E-state index in [2.05, 4.69) is 0 Å². The van der Waals surface area contributed by atoms with E-state index in [0.717, 1.165) is 4.90 Å². The van der Waals surface area contributed by atoms with E-state index < -0.39 is 21.8 Å². The largest absolute Gasteiger partial charge is 0.372 e. The molecule has 2 aromatic carbocycles. The maximum Gasteiger partial charge on any atom is 0.282 e. The van der Waals surface area contributed by atoms with Crippen molar-refractivity contribution >= 4 is 33.1 Å². The minimum absolute atomic E-state index is 0.0948. The number of sulfonamides is 1. The number of primary sulfonamides is 1. The Bertz CT molecular complexity index is 1150. The van der Waals surface area contributed by atoms with Gasteiger partial charge in [-0.3, -0.25) is 9.59 Å². The zero-order chi connectivity index (χ0) is 22.3. The van der Waals surface area contributed by atoms with E-state index in [9.17, 15) is 18.0 Å². The molecule has 162 valence electrons. The summed E-state index contributed by atoms with van der Waals surface area (Å²) in [5.41, 5.74) is 1.57. The molecule has 2 unspecified atom stereocenters. The van der Waals surface area contributed by atoms with E-state index in [1.54, 1.807) is 12.1 Å². The lowest BCUT2D eigenvalue weighted by Gasteiger charge is -2.37. The van der Waals surface area contributed by atoms with E-state index in [1.807, 2.05) is 36.9 Å². The van der Waals surface area contributed by atoms with Crippen molar-refractivity contribution in [3.05, 3.63) is 65.9 Å². The molecule has 0 bridgehead atoms. The summed E-state index contributed by atoms with van der Waals surface area (Å²) in [7, 11) is -3.89. The number of morpholine rings is 1. The Kier molecular flexibility index (Phi) is 5.42. The number of anilines is 1. The van der Waals surface area contributed by atoms with Gasteiger partial charge in [0.1, 0.15) is 5.70 Å². The molecule has 31 heavy (non-hydrogen) atoms. The number of carbonyl (C=O) groups excluding carboxylic acids is 2. The van der Waals surface area contributed by atoms with Crippen LogP contribution in [0.3, 0.4) is 0 Å². The van der Waals surface area contributed by atoms with Gasteiger partial charge in [0.25, 0.3) is 11.8 Å². The summed E-state index contributed by atoms with van der Waals surface area (Å²) < 4.78 is 28.9. The van der Waals surface area contributed by atoms with Gasteiger partial charge < -0.3 is 9.64 Å². The number of carbonyl (C=O) groups is 2. The Morgan fingerprint density at radius 2 is 1.48 bits per heavy atom. The number of nitrogens with zero attached hydrogens (tertiary/aromatic N) is 2. The molecule has 2 N–H and O–H groups in total. The summed E-state index contributed by atoms with van der Waals surface area (Å²) in [6.07, 6.45) is -0.196. The molecule has 1 fully saturated rings. The third-order valence-electron chi connectivity index (χ3n) is 5.28. The number of benzene rings is 2. The lowest BCUT2D eigenvalue weighted by molar-refractivity contribution is -0.121. The maximum absolute atomic E-state index is 13.5. The SMILES string of the molecule is CC1CN(C2=C(c3ccccc3)C(=O)N(c3ccc(S(N)(=O)=O)cc3)C2=O)CC(C)O1. The van der Waals surface area contributed by atoms with Gasteiger partial charge in [0, 0.05) is 13.1 Å². The molecular weight excluding hydrogens is 418 g/mol. The third kappa shape index (κ3) is 3.99. The summed E-state index contributed by atoms with van der Waals surface area (Å²) in [6.45, 7) is 4.81. The monoisotopic (exact) mass is 441 g/mol. The standard InChI is InChI=1S/C22H23N3O5S/c1-14-12-24(13-15(2)30-14)20-19(16-6-4-3-5-7-16)21(26)25(22(20)27)17-8-10-18(11-9-17)31(23,28)29/h3-11,14-15H,12-13H2,1-2H3,(H2,23,28,29). The molecule has 2 amide bonds. The van der Waals surface area contributed by atoms with Crippen LogP contribution < -0.4 is 10.0 Å². The molecule has 2 atom stereocenters. The first-order valence-corrected chi connectivity index (χ1v) is 11.4. The van der Waals surface area contributed by atoms with E-state index >= 15 is 0 Å². The van der Waals surface area contributed by atoms with Crippen molar-refractivity contribution in [2.75, 3.05) is 18.0 Å². The van der Waals surface area contributed by atoms with Gasteiger partial charge in [0.2, 0.25) is 10.0 Å². The van der Waals surface area contributed by atoms with E-state index in [4.69, 9.17) is 9.88 Å². The van der Waals surface area contributed by atoms with Crippen molar-refractivity contribution < 1.29 is 22.7 Å². The zero-order valence-electron chi connectivity index (χ0n) is 17.2. The molecule has 8 nitrogen and oxygen atoms in total. The van der Waals surface area contributed by atoms with Crippen LogP contribution in [-0.2, 0) is 24.3 Å². The van der Waals surface area contributed by atoms with Crippen LogP contribution in [0.5, 0.6) is 0 Å². The molecular formula is C22H23N3O5S. The van der Waals surface area contributed by atoms with Crippen LogP contribution in [0, 0.1) is 0 Å². The molecule has 0 saturated carbocycles. The molecule has 4 rings (SSSR count). The second-order valence-corrected chi connectivity index (χ2v) is 9.30. The smallest absolute Gasteiger partial charge is 0.282 e. The van der Waals surface area contributed by atoms with Gasteiger partial charge in [0.15, 0.2) is 0 Å². The predicted octanol–water partition coefficient (Wildman–Crippen LogP) is 1.73. The van der Waals surface area contributed by atoms with Crippen molar-refractivity contribution in [2.24, 2.45) is 5.14 Å². The molecule has 2 aromatic rings. The number of hydrogen-bond acceptors (Lipinski definition) is 6. The highest BCUT2D eigenvalue weighted by Gasteiger charge is 2.43. The summed E-state index contributed by atoms with van der Waals surface area (Å²) in [6, 6.07) is 14.4. The van der Waals surface area contributed by atoms with Crippen LogP contribution in [-0.4, -0.2) is 50.4 Å². The van der Waals surface area contributed by atoms with Gasteiger partial charge in [-0.1, -0.05) is 30.3 Å². The lowest BCUT2D eigenvalue weighted by atomic mass is 10.0. The number of ether oxygens (including phenoxy) is 1. The molecule has 9 heteroatoms. The van der Waals surface area contributed by atoms with Crippen molar-refractivity contribution in [3.8, 4) is 0 Å². The van der Waals surface area contributed by atoms with Crippen molar-refractivity contribution in [1.29, 1.82) is 0 Å². The van der Waals surface area contributed by atoms with Gasteiger partial charge in [-0.25, -0.2) is 18.5 Å². The summed E-state index contributed by atoms with van der Waals surface area (Å²) in [4.78, 5) is 29.9. The normalized spacial score (nSPS) is 22.4. The number of amides is 2. The highest BCUT2D eigenvalue weighted by atomic mass is 32.2. The fourth-order valence-electron chi connectivity index (χ4n) is 4.06. The molecule has 0 radical (unpaired) electrons. The molecule has 2 aliphatic rings. The number of nitrogens with two attached hydrogens (primary N) is 1. The minimum Gasteiger partial charge on any atom is -0.372 e. The summed E-state index contributed by atoms with van der Waals surface area (Å²) >= 11 is 0. The average molecular weight is 442 g/mol. The molecule has 0 aromatic heterocycles. The maximum atomic E-state index is 13.5. The van der Waals surface area contributed by atoms with Gasteiger partial charge >= 0.3 is 0 Å². The number of imide groups is 1.